The molecule has 0 atom stereocenters. The average Bonchev–Trinajstić information content (AvgIpc) is 0.722. The van der Waals surface area contributed by atoms with Crippen molar-refractivity contribution >= 4 is 10.4 Å². The summed E-state index contributed by atoms with van der Waals surface area (Å²) in [5.74, 6) is 0. The predicted molar refractivity (Wildman–Crippen MR) is 39.5 cm³/mol. The summed E-state index contributed by atoms with van der Waals surface area (Å²) in [4.78, 5) is 0. The van der Waals surface area contributed by atoms with Gasteiger partial charge in [0.05, 0.1) is 0 Å². The quantitative estimate of drug-likeness (QED) is 0.324. The van der Waals surface area contributed by atoms with Crippen molar-refractivity contribution < 1.29 is 72.9 Å². The fraction of sp³-hybridized carbons (Fsp3) is 0. The monoisotopic (exact) mass is 287 g/mol. The molecule has 0 rings (SSSR count). The zero-order valence-electron chi connectivity index (χ0n) is 5.92. The van der Waals surface area contributed by atoms with Crippen molar-refractivity contribution in [3.05, 3.63) is 0 Å². The van der Waals surface area contributed by atoms with Crippen LogP contribution in [0.5, 0.6) is 0 Å². The average molecular weight is 288 g/mol. The van der Waals surface area contributed by atoms with Crippen LogP contribution in [0.25, 0.3) is 0 Å². The first-order valence-corrected chi connectivity index (χ1v) is 2.10. The molecule has 13 heavy (non-hydrogen) atoms. The molecule has 0 aliphatic rings. The normalized spacial score (nSPS) is 4.46. The standard InChI is InChI=1S/Cu.H2O4S.7H2O/c;1-5(2,3)4;;;;;;;/h;(H2,1,2,3,4);7*1H2. The second-order valence-corrected chi connectivity index (χ2v) is 1.34. The van der Waals surface area contributed by atoms with Crippen molar-refractivity contribution in [1.82, 2.24) is 0 Å². The summed E-state index contributed by atoms with van der Waals surface area (Å²) in [6.07, 6.45) is 0. The fourth-order valence-electron chi connectivity index (χ4n) is 0. The van der Waals surface area contributed by atoms with Crippen molar-refractivity contribution in [3.63, 3.8) is 0 Å². The molecular formula is H16CuO11S. The molecule has 99 valence electrons. The van der Waals surface area contributed by atoms with Crippen LogP contribution in [0.3, 0.4) is 0 Å². The second-order valence-electron chi connectivity index (χ2n) is 0.448. The first-order chi connectivity index (χ1) is 2.00. The summed E-state index contributed by atoms with van der Waals surface area (Å²) in [5.41, 5.74) is 0. The van der Waals surface area contributed by atoms with Crippen molar-refractivity contribution in [2.24, 2.45) is 0 Å². The van der Waals surface area contributed by atoms with E-state index in [-0.39, 0.29) is 55.4 Å². The van der Waals surface area contributed by atoms with Crippen molar-refractivity contribution in [2.75, 3.05) is 0 Å². The summed E-state index contributed by atoms with van der Waals surface area (Å²) in [5, 5.41) is 0. The van der Waals surface area contributed by atoms with Crippen molar-refractivity contribution in [3.8, 4) is 0 Å². The van der Waals surface area contributed by atoms with Gasteiger partial charge >= 0.3 is 10.4 Å². The maximum Gasteiger partial charge on any atom is 0.394 e. The minimum Gasteiger partial charge on any atom is -0.412 e. The van der Waals surface area contributed by atoms with E-state index in [0.29, 0.717) is 0 Å². The van der Waals surface area contributed by atoms with Gasteiger partial charge in [-0.05, 0) is 0 Å². The third kappa shape index (κ3) is 103000. The molecule has 0 aromatic carbocycles. The second kappa shape index (κ2) is 40.0. The molecule has 0 aliphatic carbocycles. The predicted octanol–water partition coefficient (Wildman–Crippen LogP) is -6.43. The Bertz CT molecular complexity index is 93.3. The minimum absolute atomic E-state index is 0. The molecule has 0 saturated carbocycles. The molecule has 1 radical (unpaired) electrons. The molecule has 0 heterocycles. The SMILES string of the molecule is O.O.O.O.O.O.O.O=S(=O)(O)O.[Cu]. The number of hydrogen-bond donors (Lipinski definition) is 2. The summed E-state index contributed by atoms with van der Waals surface area (Å²) >= 11 is 0. The third-order valence-electron chi connectivity index (χ3n) is 0. The van der Waals surface area contributed by atoms with Crippen molar-refractivity contribution in [1.29, 1.82) is 0 Å². The van der Waals surface area contributed by atoms with Crippen LogP contribution >= 0.6 is 0 Å². The molecule has 0 saturated heterocycles. The maximum atomic E-state index is 8.74. The first kappa shape index (κ1) is 114. The molecule has 0 aromatic rings. The van der Waals surface area contributed by atoms with Gasteiger partial charge in [0.2, 0.25) is 0 Å². The van der Waals surface area contributed by atoms with Crippen LogP contribution in [-0.2, 0) is 27.5 Å². The van der Waals surface area contributed by atoms with E-state index in [0.717, 1.165) is 0 Å². The number of rotatable bonds is 0. The van der Waals surface area contributed by atoms with E-state index in [4.69, 9.17) is 17.5 Å². The molecular weight excluding hydrogens is 272 g/mol. The Morgan fingerprint density at radius 3 is 0.615 bits per heavy atom. The zero-order valence-corrected chi connectivity index (χ0v) is 7.68. The molecule has 0 fully saturated rings. The fourth-order valence-corrected chi connectivity index (χ4v) is 0. The molecule has 0 aromatic heterocycles. The Morgan fingerprint density at radius 1 is 0.615 bits per heavy atom. The van der Waals surface area contributed by atoms with Crippen LogP contribution in [0.15, 0.2) is 0 Å². The molecule has 16 N–H and O–H groups in total. The molecule has 13 heteroatoms. The Morgan fingerprint density at radius 2 is 0.615 bits per heavy atom. The Hall–Kier alpha value is 0.109. The van der Waals surface area contributed by atoms with E-state index >= 15 is 0 Å². The van der Waals surface area contributed by atoms with E-state index in [1.54, 1.807) is 0 Å². The molecule has 0 unspecified atom stereocenters. The van der Waals surface area contributed by atoms with Crippen LogP contribution in [0.2, 0.25) is 0 Å². The number of hydrogen-bond acceptors (Lipinski definition) is 2. The van der Waals surface area contributed by atoms with Gasteiger partial charge in [-0.2, -0.15) is 8.42 Å². The van der Waals surface area contributed by atoms with Crippen LogP contribution in [0.1, 0.15) is 0 Å². The molecule has 0 aliphatic heterocycles. The van der Waals surface area contributed by atoms with Gasteiger partial charge in [0, 0.05) is 17.1 Å². The molecule has 11 nitrogen and oxygen atoms in total. The van der Waals surface area contributed by atoms with E-state index in [1.807, 2.05) is 0 Å². The smallest absolute Gasteiger partial charge is 0.394 e. The van der Waals surface area contributed by atoms with Gasteiger partial charge in [0.15, 0.2) is 0 Å². The summed E-state index contributed by atoms with van der Waals surface area (Å²) in [7, 11) is -4.67. The molecule has 0 bridgehead atoms. The Labute approximate surface area is 84.0 Å². The Balaban J connectivity index is -0.00000000286. The van der Waals surface area contributed by atoms with Crippen LogP contribution in [0.4, 0.5) is 0 Å². The van der Waals surface area contributed by atoms with Gasteiger partial charge in [-0.15, -0.1) is 0 Å². The van der Waals surface area contributed by atoms with Crippen LogP contribution < -0.4 is 0 Å². The van der Waals surface area contributed by atoms with Gasteiger partial charge in [-0.25, -0.2) is 0 Å². The van der Waals surface area contributed by atoms with Gasteiger partial charge in [-0.3, -0.25) is 9.11 Å². The van der Waals surface area contributed by atoms with E-state index in [2.05, 4.69) is 0 Å². The topological polar surface area (TPSA) is 295 Å². The largest absolute Gasteiger partial charge is 0.412 e. The van der Waals surface area contributed by atoms with Gasteiger partial charge < -0.3 is 38.3 Å². The molecule has 0 amide bonds. The third-order valence-corrected chi connectivity index (χ3v) is 0. The van der Waals surface area contributed by atoms with Crippen molar-refractivity contribution in [2.45, 2.75) is 0 Å². The van der Waals surface area contributed by atoms with Gasteiger partial charge in [0.25, 0.3) is 0 Å². The minimum atomic E-state index is -4.67. The maximum absolute atomic E-state index is 8.74. The van der Waals surface area contributed by atoms with E-state index in [9.17, 15) is 0 Å². The summed E-state index contributed by atoms with van der Waals surface area (Å²) < 4.78 is 31.6. The van der Waals surface area contributed by atoms with Crippen LogP contribution in [0, 0.1) is 0 Å². The zero-order chi connectivity index (χ0) is 4.50. The Kier molecular flexibility index (Phi) is 351. The van der Waals surface area contributed by atoms with E-state index < -0.39 is 10.4 Å². The summed E-state index contributed by atoms with van der Waals surface area (Å²) in [6.45, 7) is 0. The summed E-state index contributed by atoms with van der Waals surface area (Å²) in [6, 6.07) is 0. The molecule has 0 spiro atoms. The van der Waals surface area contributed by atoms with Gasteiger partial charge in [0.1, 0.15) is 0 Å². The van der Waals surface area contributed by atoms with Crippen LogP contribution in [-0.4, -0.2) is 55.9 Å². The van der Waals surface area contributed by atoms with Gasteiger partial charge in [-0.1, -0.05) is 0 Å². The first-order valence-electron chi connectivity index (χ1n) is 0.698. The van der Waals surface area contributed by atoms with E-state index in [1.165, 1.54) is 0 Å².